The van der Waals surface area contributed by atoms with Crippen molar-refractivity contribution >= 4 is 23.6 Å². The van der Waals surface area contributed by atoms with Gasteiger partial charge < -0.3 is 34.8 Å². The number of carbonyl (C=O) groups is 4. The van der Waals surface area contributed by atoms with Gasteiger partial charge in [0.05, 0.1) is 18.8 Å². The third-order valence-electron chi connectivity index (χ3n) is 10.3. The van der Waals surface area contributed by atoms with E-state index < -0.39 is 76.3 Å². The summed E-state index contributed by atoms with van der Waals surface area (Å²) >= 11 is 0. The molecule has 2 bridgehead atoms. The van der Waals surface area contributed by atoms with Crippen molar-refractivity contribution in [2.75, 3.05) is 6.61 Å². The molecule has 237 valence electrons. The maximum Gasteiger partial charge on any atom is 0.338 e. The summed E-state index contributed by atoms with van der Waals surface area (Å²) in [5.41, 5.74) is -3.80. The number of fused-ring (bicyclic) bond motifs is 5. The van der Waals surface area contributed by atoms with Gasteiger partial charge >= 0.3 is 11.9 Å². The predicted molar refractivity (Wildman–Crippen MR) is 150 cm³/mol. The molecule has 0 spiro atoms. The monoisotopic (exact) mass is 818 g/mol. The molecule has 1 heterocycles. The van der Waals surface area contributed by atoms with Crippen molar-refractivity contribution in [2.24, 2.45) is 16.7 Å². The summed E-state index contributed by atoms with van der Waals surface area (Å²) in [6.07, 6.45) is -2.68. The van der Waals surface area contributed by atoms with Crippen molar-refractivity contribution < 1.29 is 92.8 Å². The summed E-state index contributed by atoms with van der Waals surface area (Å²) in [5.74, 6) is -3.33. The molecule has 1 aliphatic heterocycles. The summed E-state index contributed by atoms with van der Waals surface area (Å²) in [6.45, 7) is 12.9. The molecule has 4 rings (SSSR count). The fourth-order valence-electron chi connectivity index (χ4n) is 7.79. The van der Waals surface area contributed by atoms with Crippen LogP contribution >= 0.6 is 0 Å². The number of hydrogen-bond donors (Lipinski definition) is 4. The first kappa shape index (κ1) is 36.3. The van der Waals surface area contributed by atoms with Crippen LogP contribution in [0.25, 0.3) is 0 Å². The molecular formula is C31H45AcNO10. The van der Waals surface area contributed by atoms with E-state index in [4.69, 9.17) is 14.2 Å². The number of carbonyl (C=O) groups excluding carboxylic acids is 4. The van der Waals surface area contributed by atoms with Crippen LogP contribution in [0.15, 0.2) is 22.8 Å². The van der Waals surface area contributed by atoms with Gasteiger partial charge in [-0.05, 0) is 39.2 Å². The molecule has 1 unspecified atom stereocenters. The van der Waals surface area contributed by atoms with Crippen molar-refractivity contribution in [3.8, 4) is 0 Å². The Labute approximate surface area is 288 Å². The van der Waals surface area contributed by atoms with Crippen molar-refractivity contribution in [3.63, 3.8) is 0 Å². The number of Topliss-reactive ketones (excluding diaryl/α,β-unsaturated/α-hetero) is 1. The molecule has 3 fully saturated rings. The van der Waals surface area contributed by atoms with Crippen LogP contribution in [0.1, 0.15) is 81.1 Å². The Bertz CT molecular complexity index is 1240. The fourth-order valence-corrected chi connectivity index (χ4v) is 7.79. The summed E-state index contributed by atoms with van der Waals surface area (Å²) in [5, 5.41) is 38.0. The first-order valence-corrected chi connectivity index (χ1v) is 14.6. The van der Waals surface area contributed by atoms with E-state index in [2.05, 4.69) is 5.32 Å². The number of rotatable bonds is 6. The summed E-state index contributed by atoms with van der Waals surface area (Å²) in [7, 11) is 0. The molecule has 0 aromatic heterocycles. The first-order valence-electron chi connectivity index (χ1n) is 14.6. The maximum absolute atomic E-state index is 14.1. The molecule has 43 heavy (non-hydrogen) atoms. The molecule has 1 amide bonds. The molecule has 12 heteroatoms. The molecule has 0 aromatic rings. The molecule has 3 aliphatic carbocycles. The van der Waals surface area contributed by atoms with Gasteiger partial charge in [-0.15, -0.1) is 0 Å². The second-order valence-corrected chi connectivity index (χ2v) is 13.6. The second-order valence-electron chi connectivity index (χ2n) is 13.6. The van der Waals surface area contributed by atoms with Gasteiger partial charge in [-0.25, -0.2) is 4.79 Å². The van der Waals surface area contributed by atoms with Gasteiger partial charge in [0, 0.05) is 87.5 Å². The van der Waals surface area contributed by atoms with Crippen molar-refractivity contribution in [3.05, 3.63) is 22.8 Å². The van der Waals surface area contributed by atoms with Crippen LogP contribution < -0.4 is 5.32 Å². The van der Waals surface area contributed by atoms with Crippen LogP contribution in [0, 0.1) is 60.8 Å². The Morgan fingerprint density at radius 2 is 1.72 bits per heavy atom. The number of ether oxygens (including phenoxy) is 3. The summed E-state index contributed by atoms with van der Waals surface area (Å²) in [6, 6.07) is -1.05. The van der Waals surface area contributed by atoms with E-state index in [9.17, 15) is 34.5 Å². The largest absolute Gasteiger partial charge is 0.459 e. The zero-order valence-electron chi connectivity index (χ0n) is 26.4. The van der Waals surface area contributed by atoms with Gasteiger partial charge in [0.1, 0.15) is 29.2 Å². The van der Waals surface area contributed by atoms with Crippen molar-refractivity contribution in [1.82, 2.24) is 5.32 Å². The summed E-state index contributed by atoms with van der Waals surface area (Å²) in [4.78, 5) is 51.7. The van der Waals surface area contributed by atoms with Crippen LogP contribution in [-0.2, 0) is 33.4 Å². The summed E-state index contributed by atoms with van der Waals surface area (Å²) < 4.78 is 17.4. The SMILES string of the molecule is CC(=O)N[C@@H](C=C(C)C)[C@@H](O)C(=O)OC1C[C@@]2(O)[C@@H](OC(C)=O)[C@@H]3[C@]4(O)CO[C@@H]4CC[C@@]3(C)C(=O)CC(=C1C)C2(C)C.[Ac]. The van der Waals surface area contributed by atoms with Gasteiger partial charge in [0.25, 0.3) is 0 Å². The molecule has 1 radical (unpaired) electrons. The molecule has 9 atom stereocenters. The molecular weight excluding hydrogens is 773 g/mol. The third kappa shape index (κ3) is 6.06. The van der Waals surface area contributed by atoms with Crippen molar-refractivity contribution in [2.45, 2.75) is 123 Å². The van der Waals surface area contributed by atoms with E-state index in [0.717, 1.165) is 5.57 Å². The normalized spacial score (nSPS) is 37.4. The standard InChI is InChI=1S/C31H45NO10.Ac/c1-15(2)11-20(32-17(4)33)24(36)27(37)42-21-13-31(39)26(41-18(5)34)25-29(8,10-9-23-30(25,38)14-40-23)22(35)12-19(16(21)3)28(31,6)7;/h11,20-21,23-26,36,38-39H,9-10,12-14H2,1-8H3,(H,32,33);/t20-,21?,23+,24+,25-,26-,29-,30-,31+;/m0./s1. The van der Waals surface area contributed by atoms with Gasteiger partial charge in [0.15, 0.2) is 6.10 Å². The van der Waals surface area contributed by atoms with E-state index in [1.165, 1.54) is 19.9 Å². The molecule has 1 saturated heterocycles. The Morgan fingerprint density at radius 3 is 2.23 bits per heavy atom. The molecule has 0 aromatic carbocycles. The predicted octanol–water partition coefficient (Wildman–Crippen LogP) is 1.66. The quantitative estimate of drug-likeness (QED) is 0.229. The van der Waals surface area contributed by atoms with Crippen LogP contribution in [-0.4, -0.2) is 87.2 Å². The number of allylic oxidation sites excluding steroid dienone is 1. The molecule has 11 nitrogen and oxygen atoms in total. The zero-order valence-corrected chi connectivity index (χ0v) is 31.1. The number of amides is 1. The number of aliphatic hydroxyl groups is 3. The van der Waals surface area contributed by atoms with Gasteiger partial charge in [0.2, 0.25) is 5.91 Å². The van der Waals surface area contributed by atoms with E-state index in [1.54, 1.807) is 41.5 Å². The third-order valence-corrected chi connectivity index (χ3v) is 10.3. The Morgan fingerprint density at radius 1 is 1.09 bits per heavy atom. The van der Waals surface area contributed by atoms with Crippen LogP contribution in [0.4, 0.5) is 0 Å². The number of nitrogens with one attached hydrogen (secondary N) is 1. The van der Waals surface area contributed by atoms with E-state index in [-0.39, 0.29) is 69.3 Å². The van der Waals surface area contributed by atoms with Gasteiger partial charge in [-0.2, -0.15) is 0 Å². The first-order chi connectivity index (χ1) is 19.3. The Kier molecular flexibility index (Phi) is 10.6. The number of ketones is 1. The topological polar surface area (TPSA) is 169 Å². The minimum absolute atomic E-state index is 0. The van der Waals surface area contributed by atoms with E-state index in [0.29, 0.717) is 24.0 Å². The molecule has 2 saturated carbocycles. The van der Waals surface area contributed by atoms with Crippen LogP contribution in [0.3, 0.4) is 0 Å². The average molecular weight is 819 g/mol. The van der Waals surface area contributed by atoms with Gasteiger partial charge in [-0.1, -0.05) is 38.0 Å². The van der Waals surface area contributed by atoms with Crippen LogP contribution in [0.2, 0.25) is 0 Å². The molecule has 4 N–H and O–H groups in total. The molecule has 4 aliphatic rings. The number of aliphatic hydroxyl groups excluding tert-OH is 1. The zero-order chi connectivity index (χ0) is 31.6. The van der Waals surface area contributed by atoms with Crippen LogP contribution in [0.5, 0.6) is 0 Å². The fraction of sp³-hybridized carbons (Fsp3) is 0.742. The minimum atomic E-state index is -1.89. The minimum Gasteiger partial charge on any atom is -0.459 e. The number of hydrogen-bond acceptors (Lipinski definition) is 10. The second kappa shape index (κ2) is 12.6. The van der Waals surface area contributed by atoms with Crippen molar-refractivity contribution in [1.29, 1.82) is 0 Å². The average Bonchev–Trinajstić information content (AvgIpc) is 2.85. The van der Waals surface area contributed by atoms with E-state index >= 15 is 0 Å². The number of esters is 2. The Balaban J connectivity index is 0.00000506. The maximum atomic E-state index is 14.1. The van der Waals surface area contributed by atoms with Gasteiger partial charge in [-0.3, -0.25) is 14.4 Å². The van der Waals surface area contributed by atoms with E-state index in [1.807, 2.05) is 0 Å². The Hall–Kier alpha value is -1.16. The smallest absolute Gasteiger partial charge is 0.338 e.